The number of hydrogen-bond acceptors (Lipinski definition) is 5. The first-order valence-corrected chi connectivity index (χ1v) is 8.45. The van der Waals surface area contributed by atoms with E-state index in [0.29, 0.717) is 12.1 Å². The summed E-state index contributed by atoms with van der Waals surface area (Å²) < 4.78 is 10.4. The monoisotopic (exact) mass is 347 g/mol. The van der Waals surface area contributed by atoms with E-state index < -0.39 is 6.04 Å². The van der Waals surface area contributed by atoms with E-state index in [1.807, 2.05) is 12.1 Å². The molecule has 2 aromatic heterocycles. The predicted molar refractivity (Wildman–Crippen MR) is 93.0 cm³/mol. The third-order valence-corrected chi connectivity index (χ3v) is 4.12. The van der Waals surface area contributed by atoms with Crippen LogP contribution in [0.5, 0.6) is 0 Å². The minimum atomic E-state index is -0.656. The van der Waals surface area contributed by atoms with Gasteiger partial charge in [0.25, 0.3) is 5.91 Å². The molecule has 25 heavy (non-hydrogen) atoms. The van der Waals surface area contributed by atoms with E-state index in [1.54, 1.807) is 19.3 Å². The molecule has 2 heterocycles. The van der Waals surface area contributed by atoms with Gasteiger partial charge in [0.2, 0.25) is 5.91 Å². The molecule has 0 aliphatic rings. The van der Waals surface area contributed by atoms with E-state index in [-0.39, 0.29) is 17.9 Å². The van der Waals surface area contributed by atoms with Crippen LogP contribution < -0.4 is 10.6 Å². The third kappa shape index (κ3) is 4.96. The molecule has 0 saturated carbocycles. The van der Waals surface area contributed by atoms with Crippen molar-refractivity contribution in [2.24, 2.45) is 0 Å². The molecule has 2 amide bonds. The Morgan fingerprint density at radius 1 is 1.20 bits per heavy atom. The highest BCUT2D eigenvalue weighted by Crippen LogP contribution is 2.20. The Hall–Kier alpha value is -2.54. The molecule has 0 aliphatic heterocycles. The Balaban J connectivity index is 1.92. The van der Waals surface area contributed by atoms with Crippen molar-refractivity contribution in [1.82, 2.24) is 15.5 Å². The number of rotatable bonds is 9. The van der Waals surface area contributed by atoms with Gasteiger partial charge < -0.3 is 19.5 Å². The van der Waals surface area contributed by atoms with Crippen molar-refractivity contribution in [3.05, 3.63) is 48.3 Å². The molecule has 0 bridgehead atoms. The van der Waals surface area contributed by atoms with Gasteiger partial charge in [0.05, 0.1) is 24.1 Å². The van der Waals surface area contributed by atoms with E-state index >= 15 is 0 Å². The number of carbonyl (C=O) groups excluding carboxylic acids is 2. The molecule has 0 fully saturated rings. The Morgan fingerprint density at radius 3 is 2.52 bits per heavy atom. The van der Waals surface area contributed by atoms with Crippen LogP contribution in [0.15, 0.2) is 45.8 Å². The zero-order valence-corrected chi connectivity index (χ0v) is 14.8. The molecule has 7 nitrogen and oxygen atoms in total. The van der Waals surface area contributed by atoms with Crippen LogP contribution in [-0.4, -0.2) is 42.4 Å². The Labute approximate surface area is 147 Å². The van der Waals surface area contributed by atoms with Gasteiger partial charge in [-0.3, -0.25) is 14.5 Å². The van der Waals surface area contributed by atoms with Crippen molar-refractivity contribution < 1.29 is 18.4 Å². The third-order valence-electron chi connectivity index (χ3n) is 4.12. The fourth-order valence-electron chi connectivity index (χ4n) is 2.64. The summed E-state index contributed by atoms with van der Waals surface area (Å²) in [7, 11) is 0. The fraction of sp³-hybridized carbons (Fsp3) is 0.444. The van der Waals surface area contributed by atoms with Gasteiger partial charge in [-0.15, -0.1) is 0 Å². The van der Waals surface area contributed by atoms with Crippen LogP contribution in [0.25, 0.3) is 0 Å². The number of nitrogens with one attached hydrogen (secondary N) is 2. The van der Waals surface area contributed by atoms with E-state index in [0.717, 1.165) is 18.8 Å². The summed E-state index contributed by atoms with van der Waals surface area (Å²) in [5, 5.41) is 5.54. The van der Waals surface area contributed by atoms with Crippen LogP contribution >= 0.6 is 0 Å². The average Bonchev–Trinajstić information content (AvgIpc) is 3.31. The summed E-state index contributed by atoms with van der Waals surface area (Å²) in [6, 6.07) is 4.58. The zero-order chi connectivity index (χ0) is 18.2. The van der Waals surface area contributed by atoms with Crippen molar-refractivity contribution in [3.8, 4) is 0 Å². The van der Waals surface area contributed by atoms with Crippen LogP contribution in [0.3, 0.4) is 0 Å². The topological polar surface area (TPSA) is 87.7 Å². The van der Waals surface area contributed by atoms with Gasteiger partial charge in [0.15, 0.2) is 0 Å². The van der Waals surface area contributed by atoms with Crippen LogP contribution in [0.2, 0.25) is 0 Å². The minimum Gasteiger partial charge on any atom is -0.472 e. The molecular weight excluding hydrogens is 322 g/mol. The smallest absolute Gasteiger partial charge is 0.255 e. The van der Waals surface area contributed by atoms with Crippen molar-refractivity contribution in [1.29, 1.82) is 0 Å². The number of nitrogens with zero attached hydrogens (tertiary/aromatic N) is 1. The lowest BCUT2D eigenvalue weighted by Crippen LogP contribution is -2.47. The average molecular weight is 347 g/mol. The Bertz CT molecular complexity index is 648. The van der Waals surface area contributed by atoms with E-state index in [1.165, 1.54) is 12.5 Å². The van der Waals surface area contributed by atoms with Gasteiger partial charge in [-0.1, -0.05) is 13.8 Å². The molecule has 2 aromatic rings. The second-order valence-electron chi connectivity index (χ2n) is 5.70. The molecule has 136 valence electrons. The summed E-state index contributed by atoms with van der Waals surface area (Å²) in [4.78, 5) is 26.5. The molecule has 2 rings (SSSR count). The van der Waals surface area contributed by atoms with Gasteiger partial charge in [-0.2, -0.15) is 0 Å². The molecule has 0 aliphatic carbocycles. The summed E-state index contributed by atoms with van der Waals surface area (Å²) in [5.41, 5.74) is 0.385. The standard InChI is InChI=1S/C18H25N3O4/c1-4-21(5-2)15(16-7-6-9-25-16)11-19-17(22)13(3)20-18(23)14-8-10-24-12-14/h6-10,12-13,15H,4-5,11H2,1-3H3,(H,19,22)(H,20,23)/t13-,15+/m0/s1. The molecule has 0 saturated heterocycles. The molecule has 0 radical (unpaired) electrons. The molecule has 0 unspecified atom stereocenters. The van der Waals surface area contributed by atoms with Gasteiger partial charge >= 0.3 is 0 Å². The predicted octanol–water partition coefficient (Wildman–Crippen LogP) is 2.19. The number of carbonyl (C=O) groups is 2. The number of furan rings is 2. The normalized spacial score (nSPS) is 13.4. The second-order valence-corrected chi connectivity index (χ2v) is 5.70. The maximum absolute atomic E-state index is 12.3. The lowest BCUT2D eigenvalue weighted by molar-refractivity contribution is -0.122. The minimum absolute atomic E-state index is 0.0503. The highest BCUT2D eigenvalue weighted by Gasteiger charge is 2.23. The van der Waals surface area contributed by atoms with Crippen molar-refractivity contribution in [2.45, 2.75) is 32.9 Å². The van der Waals surface area contributed by atoms with Gasteiger partial charge in [-0.05, 0) is 38.2 Å². The molecular formula is C18H25N3O4. The highest BCUT2D eigenvalue weighted by atomic mass is 16.3. The molecule has 0 spiro atoms. The SMILES string of the molecule is CCN(CC)[C@H](CNC(=O)[C@H](C)NC(=O)c1ccoc1)c1ccco1. The first-order chi connectivity index (χ1) is 12.1. The largest absolute Gasteiger partial charge is 0.472 e. The molecule has 7 heteroatoms. The molecule has 0 aromatic carbocycles. The first-order valence-electron chi connectivity index (χ1n) is 8.45. The molecule has 2 N–H and O–H groups in total. The maximum atomic E-state index is 12.3. The highest BCUT2D eigenvalue weighted by molar-refractivity contribution is 5.97. The Kier molecular flexibility index (Phi) is 6.82. The second kappa shape index (κ2) is 9.08. The van der Waals surface area contributed by atoms with Crippen LogP contribution in [0.4, 0.5) is 0 Å². The molecule has 2 atom stereocenters. The van der Waals surface area contributed by atoms with Gasteiger partial charge in [0, 0.05) is 6.54 Å². The van der Waals surface area contributed by atoms with Crippen molar-refractivity contribution in [3.63, 3.8) is 0 Å². The lowest BCUT2D eigenvalue weighted by Gasteiger charge is -2.28. The maximum Gasteiger partial charge on any atom is 0.255 e. The fourth-order valence-corrected chi connectivity index (χ4v) is 2.64. The quantitative estimate of drug-likeness (QED) is 0.726. The number of hydrogen-bond donors (Lipinski definition) is 2. The summed E-state index contributed by atoms with van der Waals surface area (Å²) >= 11 is 0. The summed E-state index contributed by atoms with van der Waals surface area (Å²) in [5.74, 6) is 0.211. The first kappa shape index (κ1) is 18.8. The summed E-state index contributed by atoms with van der Waals surface area (Å²) in [6.45, 7) is 7.85. The summed E-state index contributed by atoms with van der Waals surface area (Å²) in [6.07, 6.45) is 4.38. The van der Waals surface area contributed by atoms with Crippen LogP contribution in [0, 0.1) is 0 Å². The van der Waals surface area contributed by atoms with E-state index in [4.69, 9.17) is 8.83 Å². The number of amides is 2. The van der Waals surface area contributed by atoms with Crippen LogP contribution in [-0.2, 0) is 4.79 Å². The zero-order valence-electron chi connectivity index (χ0n) is 14.8. The van der Waals surface area contributed by atoms with Crippen LogP contribution in [0.1, 0.15) is 42.9 Å². The van der Waals surface area contributed by atoms with Crippen molar-refractivity contribution in [2.75, 3.05) is 19.6 Å². The van der Waals surface area contributed by atoms with Crippen molar-refractivity contribution >= 4 is 11.8 Å². The van der Waals surface area contributed by atoms with Gasteiger partial charge in [-0.25, -0.2) is 0 Å². The lowest BCUT2D eigenvalue weighted by atomic mass is 10.1. The van der Waals surface area contributed by atoms with E-state index in [9.17, 15) is 9.59 Å². The van der Waals surface area contributed by atoms with Gasteiger partial charge in [0.1, 0.15) is 18.1 Å². The Morgan fingerprint density at radius 2 is 1.96 bits per heavy atom. The van der Waals surface area contributed by atoms with E-state index in [2.05, 4.69) is 29.4 Å². The number of likely N-dealkylation sites (N-methyl/N-ethyl adjacent to an activating group) is 1.